The lowest BCUT2D eigenvalue weighted by Crippen LogP contribution is -2.24. The molecule has 0 unspecified atom stereocenters. The average molecular weight is 568 g/mol. The van der Waals surface area contributed by atoms with Crippen LogP contribution in [0.1, 0.15) is 76.5 Å². The Labute approximate surface area is 241 Å². The van der Waals surface area contributed by atoms with E-state index in [9.17, 15) is 14.4 Å². The van der Waals surface area contributed by atoms with E-state index in [1.165, 1.54) is 32.1 Å². The summed E-state index contributed by atoms with van der Waals surface area (Å²) in [5, 5.41) is 23.6. The van der Waals surface area contributed by atoms with Crippen LogP contribution in [0.15, 0.2) is 60.9 Å². The number of nitrogens with one attached hydrogen (secondary N) is 4. The van der Waals surface area contributed by atoms with Gasteiger partial charge in [0.25, 0.3) is 5.91 Å². The van der Waals surface area contributed by atoms with Gasteiger partial charge in [-0.05, 0) is 61.0 Å². The predicted octanol–water partition coefficient (Wildman–Crippen LogP) is 5.19. The Bertz CT molecular complexity index is 1660. The van der Waals surface area contributed by atoms with Gasteiger partial charge in [0.15, 0.2) is 0 Å². The van der Waals surface area contributed by atoms with Gasteiger partial charge in [-0.1, -0.05) is 39.0 Å². The number of aldehydes is 2. The summed E-state index contributed by atoms with van der Waals surface area (Å²) in [6.45, 7) is 2.95. The first-order chi connectivity index (χ1) is 20.6. The Hall–Kier alpha value is -5.26. The Balaban J connectivity index is 0.000000156. The Kier molecular flexibility index (Phi) is 11.0. The van der Waals surface area contributed by atoms with Crippen molar-refractivity contribution in [2.75, 3.05) is 6.54 Å². The van der Waals surface area contributed by atoms with Gasteiger partial charge < -0.3 is 10.3 Å². The number of amides is 1. The van der Waals surface area contributed by atoms with Crippen LogP contribution < -0.4 is 5.32 Å². The van der Waals surface area contributed by atoms with Crippen molar-refractivity contribution < 1.29 is 14.4 Å². The molecule has 3 aromatic heterocycles. The number of H-pyrrole nitrogens is 3. The highest BCUT2D eigenvalue weighted by Gasteiger charge is 2.07. The molecule has 0 fully saturated rings. The number of aromatic amines is 3. The molecule has 0 saturated heterocycles. The highest BCUT2D eigenvalue weighted by molar-refractivity contribution is 5.97. The van der Waals surface area contributed by atoms with Crippen LogP contribution in [0.4, 0.5) is 0 Å². The minimum atomic E-state index is -0.0385. The van der Waals surface area contributed by atoms with Crippen LogP contribution in [-0.4, -0.2) is 65.8 Å². The summed E-state index contributed by atoms with van der Waals surface area (Å²) in [6.07, 6.45) is 10.6. The molecule has 0 aliphatic carbocycles. The lowest BCUT2D eigenvalue weighted by Gasteiger charge is -2.05. The number of carbonyl (C=O) groups is 3. The van der Waals surface area contributed by atoms with Crippen molar-refractivity contribution in [3.05, 3.63) is 77.6 Å². The lowest BCUT2D eigenvalue weighted by molar-refractivity contribution is 0.0952. The van der Waals surface area contributed by atoms with E-state index in [-0.39, 0.29) is 5.91 Å². The maximum atomic E-state index is 12.0. The minimum absolute atomic E-state index is 0.0385. The molecule has 6 rings (SSSR count). The van der Waals surface area contributed by atoms with E-state index in [1.807, 2.05) is 6.07 Å². The third kappa shape index (κ3) is 8.37. The van der Waals surface area contributed by atoms with Crippen molar-refractivity contribution in [2.24, 2.45) is 0 Å². The summed E-state index contributed by atoms with van der Waals surface area (Å²) in [7, 11) is 0. The average Bonchev–Trinajstić information content (AvgIpc) is 3.80. The molecule has 3 aromatic carbocycles. The fraction of sp³-hybridized carbons (Fsp3) is 0.267. The van der Waals surface area contributed by atoms with Crippen LogP contribution in [0.3, 0.4) is 0 Å². The largest absolute Gasteiger partial charge is 0.352 e. The van der Waals surface area contributed by atoms with E-state index in [0.717, 1.165) is 58.6 Å². The van der Waals surface area contributed by atoms with Crippen molar-refractivity contribution >= 4 is 51.6 Å². The number of fused-ring (bicyclic) bond motifs is 3. The molecule has 0 bridgehead atoms. The van der Waals surface area contributed by atoms with Gasteiger partial charge in [-0.2, -0.15) is 30.8 Å². The predicted molar refractivity (Wildman–Crippen MR) is 160 cm³/mol. The first-order valence-electron chi connectivity index (χ1n) is 13.8. The van der Waals surface area contributed by atoms with Gasteiger partial charge in [0.1, 0.15) is 34.6 Å². The Morgan fingerprint density at radius 1 is 0.714 bits per heavy atom. The molecule has 0 aliphatic rings. The molecule has 3 heterocycles. The van der Waals surface area contributed by atoms with Crippen LogP contribution in [-0.2, 0) is 0 Å². The standard InChI is InChI=1S/C15H22N4O.C8H6N2O.C7H5N3O/c1-2-3-4-5-6-7-10-16-15(20)12-8-9-13-14(11-12)18-19-17-13;11-4-6-1-2-7-8(3-6)10-5-9-7;11-4-5-1-2-6-7(3-5)9-10-8-6/h8-9,11H,2-7,10H2,1H3,(H,16,20)(H,17,18,19);1-5H,(H,9,10);1-4H,(H,8,9,10). The normalized spacial score (nSPS) is 10.5. The van der Waals surface area contributed by atoms with Crippen molar-refractivity contribution in [3.63, 3.8) is 0 Å². The van der Waals surface area contributed by atoms with E-state index in [1.54, 1.807) is 54.9 Å². The molecule has 6 aromatic rings. The SMILES string of the molecule is CCCCCCCCNC(=O)c1ccc2n[nH]nc2c1.O=Cc1ccc2n[nH]nc2c1.O=Cc1ccc2nc[nH]c2c1. The van der Waals surface area contributed by atoms with Crippen LogP contribution in [0, 0.1) is 0 Å². The summed E-state index contributed by atoms with van der Waals surface area (Å²) in [6, 6.07) is 15.8. The van der Waals surface area contributed by atoms with Crippen LogP contribution >= 0.6 is 0 Å². The number of hydrogen-bond acceptors (Lipinski definition) is 8. The van der Waals surface area contributed by atoms with Crippen LogP contribution in [0.5, 0.6) is 0 Å². The quantitative estimate of drug-likeness (QED) is 0.129. The topological polar surface area (TPSA) is 175 Å². The highest BCUT2D eigenvalue weighted by atomic mass is 16.1. The van der Waals surface area contributed by atoms with Gasteiger partial charge in [-0.15, -0.1) is 0 Å². The number of unbranched alkanes of at least 4 members (excludes halogenated alkanes) is 5. The van der Waals surface area contributed by atoms with Crippen molar-refractivity contribution in [1.29, 1.82) is 0 Å². The second-order valence-corrected chi connectivity index (χ2v) is 9.54. The Morgan fingerprint density at radius 2 is 1.31 bits per heavy atom. The molecule has 12 nitrogen and oxygen atoms in total. The van der Waals surface area contributed by atoms with E-state index in [2.05, 4.69) is 53.0 Å². The van der Waals surface area contributed by atoms with Crippen LogP contribution in [0.2, 0.25) is 0 Å². The minimum Gasteiger partial charge on any atom is -0.352 e. The van der Waals surface area contributed by atoms with Gasteiger partial charge in [0.05, 0.1) is 17.4 Å². The molecule has 0 spiro atoms. The summed E-state index contributed by atoms with van der Waals surface area (Å²) < 4.78 is 0. The molecule has 216 valence electrons. The van der Waals surface area contributed by atoms with Crippen molar-refractivity contribution in [2.45, 2.75) is 45.4 Å². The second-order valence-electron chi connectivity index (χ2n) is 9.54. The van der Waals surface area contributed by atoms with Crippen LogP contribution in [0.25, 0.3) is 33.1 Å². The highest BCUT2D eigenvalue weighted by Crippen LogP contribution is 2.11. The first kappa shape index (κ1) is 29.7. The zero-order chi connectivity index (χ0) is 29.6. The number of imidazole rings is 1. The zero-order valence-electron chi connectivity index (χ0n) is 23.3. The number of aromatic nitrogens is 8. The van der Waals surface area contributed by atoms with Gasteiger partial charge >= 0.3 is 0 Å². The molecule has 42 heavy (non-hydrogen) atoms. The number of hydrogen-bond donors (Lipinski definition) is 4. The molecule has 1 amide bonds. The van der Waals surface area contributed by atoms with Gasteiger partial charge in [-0.3, -0.25) is 14.4 Å². The molecular formula is C30H33N9O3. The molecular weight excluding hydrogens is 534 g/mol. The maximum Gasteiger partial charge on any atom is 0.251 e. The first-order valence-corrected chi connectivity index (χ1v) is 13.8. The van der Waals surface area contributed by atoms with E-state index in [0.29, 0.717) is 16.7 Å². The monoisotopic (exact) mass is 567 g/mol. The molecule has 0 radical (unpaired) electrons. The molecule has 0 aliphatic heterocycles. The summed E-state index contributed by atoms with van der Waals surface area (Å²) >= 11 is 0. The van der Waals surface area contributed by atoms with E-state index in [4.69, 9.17) is 0 Å². The lowest BCUT2D eigenvalue weighted by atomic mass is 10.1. The van der Waals surface area contributed by atoms with Crippen molar-refractivity contribution in [3.8, 4) is 0 Å². The number of carbonyl (C=O) groups excluding carboxylic acids is 3. The fourth-order valence-corrected chi connectivity index (χ4v) is 4.15. The second kappa shape index (κ2) is 15.5. The van der Waals surface area contributed by atoms with Crippen molar-refractivity contribution in [1.82, 2.24) is 46.1 Å². The molecule has 4 N–H and O–H groups in total. The zero-order valence-corrected chi connectivity index (χ0v) is 23.3. The fourth-order valence-electron chi connectivity index (χ4n) is 4.15. The molecule has 0 atom stereocenters. The third-order valence-electron chi connectivity index (χ3n) is 6.45. The van der Waals surface area contributed by atoms with E-state index < -0.39 is 0 Å². The summed E-state index contributed by atoms with van der Waals surface area (Å²) in [5.74, 6) is -0.0385. The maximum absolute atomic E-state index is 12.0. The number of rotatable bonds is 10. The van der Waals surface area contributed by atoms with Gasteiger partial charge in [-0.25, -0.2) is 4.98 Å². The smallest absolute Gasteiger partial charge is 0.251 e. The number of nitrogens with zero attached hydrogens (tertiary/aromatic N) is 5. The molecule has 0 saturated carbocycles. The molecule has 12 heteroatoms. The van der Waals surface area contributed by atoms with Gasteiger partial charge in [0, 0.05) is 23.2 Å². The third-order valence-corrected chi connectivity index (χ3v) is 6.45. The Morgan fingerprint density at radius 3 is 2.02 bits per heavy atom. The summed E-state index contributed by atoms with van der Waals surface area (Å²) in [4.78, 5) is 39.6. The van der Waals surface area contributed by atoms with Gasteiger partial charge in [0.2, 0.25) is 0 Å². The van der Waals surface area contributed by atoms with E-state index >= 15 is 0 Å². The number of benzene rings is 3. The summed E-state index contributed by atoms with van der Waals surface area (Å²) in [5.41, 5.74) is 6.69.